The highest BCUT2D eigenvalue weighted by molar-refractivity contribution is 7.10. The molecule has 1 heterocycles. The van der Waals surface area contributed by atoms with Crippen LogP contribution in [-0.2, 0) is 6.42 Å². The lowest BCUT2D eigenvalue weighted by atomic mass is 10.1. The van der Waals surface area contributed by atoms with E-state index in [1.807, 2.05) is 30.3 Å². The fourth-order valence-electron chi connectivity index (χ4n) is 2.28. The van der Waals surface area contributed by atoms with Crippen LogP contribution in [0.3, 0.4) is 0 Å². The van der Waals surface area contributed by atoms with Crippen LogP contribution in [0.1, 0.15) is 29.1 Å². The zero-order valence-corrected chi connectivity index (χ0v) is 12.8. The Balaban J connectivity index is 1.85. The summed E-state index contributed by atoms with van der Waals surface area (Å²) < 4.78 is 0. The Morgan fingerprint density at radius 2 is 1.76 bits per heavy atom. The summed E-state index contributed by atoms with van der Waals surface area (Å²) in [7, 11) is 0. The van der Waals surface area contributed by atoms with Crippen LogP contribution in [0.25, 0.3) is 11.3 Å². The highest BCUT2D eigenvalue weighted by Crippen LogP contribution is 2.27. The lowest BCUT2D eigenvalue weighted by molar-refractivity contribution is 0.859. The molecule has 0 aliphatic heterocycles. The Kier molecular flexibility index (Phi) is 4.13. The van der Waals surface area contributed by atoms with Crippen molar-refractivity contribution in [3.63, 3.8) is 0 Å². The highest BCUT2D eigenvalue weighted by Gasteiger charge is 2.13. The average molecular weight is 294 g/mol. The number of aromatic nitrogens is 1. The molecule has 3 heteroatoms. The Morgan fingerprint density at radius 1 is 1.05 bits per heavy atom. The van der Waals surface area contributed by atoms with Crippen LogP contribution >= 0.6 is 11.3 Å². The van der Waals surface area contributed by atoms with Gasteiger partial charge >= 0.3 is 0 Å². The van der Waals surface area contributed by atoms with Gasteiger partial charge in [-0.15, -0.1) is 11.3 Å². The van der Waals surface area contributed by atoms with Crippen LogP contribution in [0.2, 0.25) is 0 Å². The molecule has 0 fully saturated rings. The molecule has 0 aliphatic rings. The largest absolute Gasteiger partial charge is 0.318 e. The normalized spacial score (nSPS) is 12.3. The number of nitrogens with zero attached hydrogens (tertiary/aromatic N) is 1. The minimum absolute atomic E-state index is 0.153. The zero-order valence-electron chi connectivity index (χ0n) is 12.0. The zero-order chi connectivity index (χ0) is 14.7. The van der Waals surface area contributed by atoms with E-state index in [1.165, 1.54) is 5.56 Å². The van der Waals surface area contributed by atoms with Crippen LogP contribution in [0.4, 0.5) is 0 Å². The van der Waals surface area contributed by atoms with Crippen molar-refractivity contribution >= 4 is 11.3 Å². The molecule has 0 amide bonds. The first kappa shape index (κ1) is 14.0. The van der Waals surface area contributed by atoms with Crippen molar-refractivity contribution in [2.24, 2.45) is 5.73 Å². The minimum atomic E-state index is -0.153. The van der Waals surface area contributed by atoms with E-state index in [1.54, 1.807) is 11.3 Å². The van der Waals surface area contributed by atoms with Crippen LogP contribution < -0.4 is 5.73 Å². The first-order chi connectivity index (χ1) is 10.3. The molecule has 1 unspecified atom stereocenters. The van der Waals surface area contributed by atoms with Gasteiger partial charge in [-0.2, -0.15) is 0 Å². The molecule has 2 aromatic carbocycles. The number of aryl methyl sites for hydroxylation is 1. The second-order valence-corrected chi connectivity index (χ2v) is 5.90. The van der Waals surface area contributed by atoms with Gasteiger partial charge in [0.05, 0.1) is 11.7 Å². The van der Waals surface area contributed by atoms with E-state index in [0.29, 0.717) is 0 Å². The summed E-state index contributed by atoms with van der Waals surface area (Å²) in [5, 5.41) is 3.04. The summed E-state index contributed by atoms with van der Waals surface area (Å²) in [5.41, 5.74) is 10.9. The van der Waals surface area contributed by atoms with Gasteiger partial charge in [0.1, 0.15) is 5.01 Å². The molecule has 0 spiro atoms. The number of benzene rings is 2. The van der Waals surface area contributed by atoms with Crippen molar-refractivity contribution in [1.82, 2.24) is 4.98 Å². The SMILES string of the molecule is CCc1ccc(-c2csc(C(N)c3ccccc3)n2)cc1. The molecular formula is C18H18N2S. The van der Waals surface area contributed by atoms with Gasteiger partial charge in [-0.05, 0) is 17.5 Å². The molecule has 0 aliphatic carbocycles. The summed E-state index contributed by atoms with van der Waals surface area (Å²) >= 11 is 1.62. The van der Waals surface area contributed by atoms with E-state index in [-0.39, 0.29) is 6.04 Å². The van der Waals surface area contributed by atoms with Gasteiger partial charge in [-0.1, -0.05) is 61.5 Å². The smallest absolute Gasteiger partial charge is 0.115 e. The number of rotatable bonds is 4. The summed E-state index contributed by atoms with van der Waals surface area (Å²) in [6.07, 6.45) is 1.06. The Morgan fingerprint density at radius 3 is 2.43 bits per heavy atom. The van der Waals surface area contributed by atoms with Crippen LogP contribution in [0, 0.1) is 0 Å². The third-order valence-electron chi connectivity index (χ3n) is 3.60. The van der Waals surface area contributed by atoms with Gasteiger partial charge in [0.25, 0.3) is 0 Å². The van der Waals surface area contributed by atoms with Gasteiger partial charge < -0.3 is 5.73 Å². The maximum absolute atomic E-state index is 6.30. The van der Waals surface area contributed by atoms with Gasteiger partial charge in [-0.25, -0.2) is 4.98 Å². The van der Waals surface area contributed by atoms with E-state index in [0.717, 1.165) is 28.2 Å². The van der Waals surface area contributed by atoms with E-state index < -0.39 is 0 Å². The fraction of sp³-hybridized carbons (Fsp3) is 0.167. The topological polar surface area (TPSA) is 38.9 Å². The molecule has 0 radical (unpaired) electrons. The maximum atomic E-state index is 6.30. The van der Waals surface area contributed by atoms with Gasteiger partial charge in [-0.3, -0.25) is 0 Å². The van der Waals surface area contributed by atoms with E-state index in [4.69, 9.17) is 10.7 Å². The standard InChI is InChI=1S/C18H18N2S/c1-2-13-8-10-14(11-9-13)16-12-21-18(20-16)17(19)15-6-4-3-5-7-15/h3-12,17H,2,19H2,1H3. The Labute approximate surface area is 129 Å². The average Bonchev–Trinajstić information content (AvgIpc) is 3.05. The number of hydrogen-bond acceptors (Lipinski definition) is 3. The number of thiazole rings is 1. The molecular weight excluding hydrogens is 276 g/mol. The molecule has 3 rings (SSSR count). The molecule has 21 heavy (non-hydrogen) atoms. The van der Waals surface area contributed by atoms with Crippen molar-refractivity contribution in [3.8, 4) is 11.3 Å². The molecule has 0 bridgehead atoms. The number of hydrogen-bond donors (Lipinski definition) is 1. The lowest BCUT2D eigenvalue weighted by Crippen LogP contribution is -2.11. The van der Waals surface area contributed by atoms with Crippen LogP contribution in [-0.4, -0.2) is 4.98 Å². The van der Waals surface area contributed by atoms with Crippen LogP contribution in [0.5, 0.6) is 0 Å². The fourth-order valence-corrected chi connectivity index (χ4v) is 3.13. The quantitative estimate of drug-likeness (QED) is 0.773. The predicted molar refractivity (Wildman–Crippen MR) is 89.4 cm³/mol. The van der Waals surface area contributed by atoms with E-state index in [2.05, 4.69) is 36.6 Å². The predicted octanol–water partition coefficient (Wildman–Crippen LogP) is 4.42. The monoisotopic (exact) mass is 294 g/mol. The third-order valence-corrected chi connectivity index (χ3v) is 4.53. The molecule has 106 valence electrons. The lowest BCUT2D eigenvalue weighted by Gasteiger charge is -2.08. The van der Waals surface area contributed by atoms with Crippen LogP contribution in [0.15, 0.2) is 60.0 Å². The van der Waals surface area contributed by atoms with E-state index >= 15 is 0 Å². The highest BCUT2D eigenvalue weighted by atomic mass is 32.1. The molecule has 0 saturated heterocycles. The molecule has 2 nitrogen and oxygen atoms in total. The summed E-state index contributed by atoms with van der Waals surface area (Å²) in [5.74, 6) is 0. The second kappa shape index (κ2) is 6.20. The molecule has 1 atom stereocenters. The van der Waals surface area contributed by atoms with Crippen molar-refractivity contribution in [1.29, 1.82) is 0 Å². The van der Waals surface area contributed by atoms with Crippen molar-refractivity contribution < 1.29 is 0 Å². The molecule has 0 saturated carbocycles. The van der Waals surface area contributed by atoms with Crippen molar-refractivity contribution in [2.75, 3.05) is 0 Å². The molecule has 3 aromatic rings. The molecule has 2 N–H and O–H groups in total. The Bertz CT molecular complexity index is 702. The summed E-state index contributed by atoms with van der Waals surface area (Å²) in [6.45, 7) is 2.16. The number of nitrogens with two attached hydrogens (primary N) is 1. The third kappa shape index (κ3) is 3.04. The first-order valence-corrected chi connectivity index (χ1v) is 8.01. The van der Waals surface area contributed by atoms with Gasteiger partial charge in [0.2, 0.25) is 0 Å². The van der Waals surface area contributed by atoms with Gasteiger partial charge in [0, 0.05) is 10.9 Å². The van der Waals surface area contributed by atoms with Crippen molar-refractivity contribution in [2.45, 2.75) is 19.4 Å². The second-order valence-electron chi connectivity index (χ2n) is 5.01. The summed E-state index contributed by atoms with van der Waals surface area (Å²) in [4.78, 5) is 4.71. The van der Waals surface area contributed by atoms with E-state index in [9.17, 15) is 0 Å². The first-order valence-electron chi connectivity index (χ1n) is 7.13. The van der Waals surface area contributed by atoms with Gasteiger partial charge in [0.15, 0.2) is 0 Å². The Hall–Kier alpha value is -1.97. The van der Waals surface area contributed by atoms with Crippen molar-refractivity contribution in [3.05, 3.63) is 76.1 Å². The minimum Gasteiger partial charge on any atom is -0.318 e. The maximum Gasteiger partial charge on any atom is 0.115 e. The molecule has 1 aromatic heterocycles. The summed E-state index contributed by atoms with van der Waals surface area (Å²) in [6, 6.07) is 18.5.